The van der Waals surface area contributed by atoms with E-state index in [9.17, 15) is 24.0 Å². The van der Waals surface area contributed by atoms with Gasteiger partial charge < -0.3 is 43.4 Å². The maximum absolute atomic E-state index is 12.7. The van der Waals surface area contributed by atoms with Gasteiger partial charge in [-0.3, -0.25) is 24.2 Å². The number of aliphatic carboxylic acids is 2. The summed E-state index contributed by atoms with van der Waals surface area (Å²) in [7, 11) is 0. The van der Waals surface area contributed by atoms with Crippen LogP contribution in [0.5, 0.6) is 0 Å². The third-order valence-corrected chi connectivity index (χ3v) is 4.77. The molecule has 0 fully saturated rings. The molecule has 0 spiro atoms. The van der Waals surface area contributed by atoms with Gasteiger partial charge in [-0.15, -0.1) is 0 Å². The van der Waals surface area contributed by atoms with Crippen LogP contribution in [0.4, 0.5) is 0 Å². The molecule has 0 bridgehead atoms. The second-order valence-electron chi connectivity index (χ2n) is 7.52. The lowest BCUT2D eigenvalue weighted by molar-refractivity contribution is -0.147. The van der Waals surface area contributed by atoms with Crippen molar-refractivity contribution in [2.75, 3.05) is 12.3 Å². The van der Waals surface area contributed by atoms with E-state index in [4.69, 9.17) is 27.4 Å². The average Bonchev–Trinajstić information content (AvgIpc) is 2.71. The highest BCUT2D eigenvalue weighted by atomic mass is 32.1. The lowest BCUT2D eigenvalue weighted by atomic mass is 10.0. The number of amides is 3. The van der Waals surface area contributed by atoms with Crippen molar-refractivity contribution in [2.24, 2.45) is 28.1 Å². The largest absolute Gasteiger partial charge is 0.481 e. The van der Waals surface area contributed by atoms with Crippen LogP contribution >= 0.6 is 12.6 Å². The number of thiol groups is 1. The fourth-order valence-electron chi connectivity index (χ4n) is 2.46. The van der Waals surface area contributed by atoms with E-state index < -0.39 is 60.2 Å². The maximum atomic E-state index is 12.7. The van der Waals surface area contributed by atoms with Crippen molar-refractivity contribution in [3.63, 3.8) is 0 Å². The summed E-state index contributed by atoms with van der Waals surface area (Å²) in [6.07, 6.45) is -0.645. The number of nitrogens with two attached hydrogens (primary N) is 3. The molecule has 0 aliphatic carbocycles. The van der Waals surface area contributed by atoms with E-state index in [2.05, 4.69) is 33.6 Å². The summed E-state index contributed by atoms with van der Waals surface area (Å²) in [5.41, 5.74) is 16.3. The minimum absolute atomic E-state index is 0.00743. The molecule has 0 aromatic heterocycles. The Hall–Kier alpha value is -3.07. The van der Waals surface area contributed by atoms with E-state index in [-0.39, 0.29) is 37.0 Å². The molecular weight excluding hydrogens is 458 g/mol. The summed E-state index contributed by atoms with van der Waals surface area (Å²) in [6.45, 7) is 3.58. The Morgan fingerprint density at radius 3 is 1.88 bits per heavy atom. The summed E-state index contributed by atoms with van der Waals surface area (Å²) in [5, 5.41) is 25.0. The molecule has 188 valence electrons. The highest BCUT2D eigenvalue weighted by Gasteiger charge is 2.30. The lowest BCUT2D eigenvalue weighted by Gasteiger charge is -2.24. The van der Waals surface area contributed by atoms with Crippen molar-refractivity contribution >= 4 is 48.2 Å². The number of aliphatic imine (C=N–C) groups is 1. The Kier molecular flexibility index (Phi) is 13.5. The summed E-state index contributed by atoms with van der Waals surface area (Å²) in [6, 6.07) is -4.98. The van der Waals surface area contributed by atoms with Crippen LogP contribution < -0.4 is 33.2 Å². The summed E-state index contributed by atoms with van der Waals surface area (Å²) in [4.78, 5) is 63.4. The molecule has 0 heterocycles. The van der Waals surface area contributed by atoms with E-state index >= 15 is 0 Å². The Balaban J connectivity index is 5.44. The normalized spacial score (nSPS) is 14.3. The second kappa shape index (κ2) is 14.9. The first-order valence-electron chi connectivity index (χ1n) is 10.1. The van der Waals surface area contributed by atoms with E-state index in [0.717, 1.165) is 0 Å². The number of carbonyl (C=O) groups is 5. The highest BCUT2D eigenvalue weighted by molar-refractivity contribution is 7.80. The van der Waals surface area contributed by atoms with Gasteiger partial charge in [-0.25, -0.2) is 4.79 Å². The van der Waals surface area contributed by atoms with E-state index in [1.807, 2.05) is 0 Å². The Bertz CT molecular complexity index is 744. The van der Waals surface area contributed by atoms with Crippen molar-refractivity contribution in [2.45, 2.75) is 57.3 Å². The van der Waals surface area contributed by atoms with Gasteiger partial charge in [-0.2, -0.15) is 12.6 Å². The third kappa shape index (κ3) is 11.9. The number of carboxylic acids is 2. The zero-order valence-corrected chi connectivity index (χ0v) is 19.4. The zero-order valence-electron chi connectivity index (χ0n) is 18.5. The molecule has 0 radical (unpaired) electrons. The molecule has 0 aliphatic rings. The number of hydrogen-bond acceptors (Lipinski definition) is 8. The molecule has 14 nitrogen and oxygen atoms in total. The molecule has 0 aromatic carbocycles. The smallest absolute Gasteiger partial charge is 0.326 e. The fourth-order valence-corrected chi connectivity index (χ4v) is 2.71. The van der Waals surface area contributed by atoms with Crippen LogP contribution in [0, 0.1) is 5.92 Å². The first kappa shape index (κ1) is 29.9. The van der Waals surface area contributed by atoms with E-state index in [1.54, 1.807) is 13.8 Å². The lowest BCUT2D eigenvalue weighted by Crippen LogP contribution is -2.58. The van der Waals surface area contributed by atoms with Crippen LogP contribution in [-0.4, -0.2) is 82.3 Å². The molecular formula is C18H33N7O7S. The van der Waals surface area contributed by atoms with Gasteiger partial charge in [-0.05, 0) is 18.8 Å². The molecule has 0 aliphatic heterocycles. The van der Waals surface area contributed by atoms with Crippen LogP contribution in [-0.2, 0) is 24.0 Å². The topological polar surface area (TPSA) is 252 Å². The predicted octanol–water partition coefficient (Wildman–Crippen LogP) is -3.03. The predicted molar refractivity (Wildman–Crippen MR) is 122 cm³/mol. The molecule has 0 saturated carbocycles. The molecule has 0 saturated heterocycles. The number of nitrogens with one attached hydrogen (secondary N) is 3. The van der Waals surface area contributed by atoms with Crippen molar-refractivity contribution in [1.29, 1.82) is 0 Å². The number of carbonyl (C=O) groups excluding carboxylic acids is 3. The Morgan fingerprint density at radius 2 is 1.42 bits per heavy atom. The fraction of sp³-hybridized carbons (Fsp3) is 0.667. The monoisotopic (exact) mass is 491 g/mol. The molecule has 33 heavy (non-hydrogen) atoms. The third-order valence-electron chi connectivity index (χ3n) is 4.41. The zero-order chi connectivity index (χ0) is 25.7. The van der Waals surface area contributed by atoms with Crippen LogP contribution in [0.1, 0.15) is 33.1 Å². The molecule has 3 amide bonds. The van der Waals surface area contributed by atoms with Gasteiger partial charge in [-0.1, -0.05) is 13.8 Å². The number of nitrogens with zero attached hydrogens (tertiary/aromatic N) is 1. The van der Waals surface area contributed by atoms with Gasteiger partial charge in [0.05, 0.1) is 12.5 Å². The van der Waals surface area contributed by atoms with Crippen molar-refractivity contribution in [3.8, 4) is 0 Å². The van der Waals surface area contributed by atoms with Crippen LogP contribution in [0.15, 0.2) is 4.99 Å². The Labute approximate surface area is 196 Å². The number of carboxylic acid groups (broad SMARTS) is 2. The van der Waals surface area contributed by atoms with Crippen LogP contribution in [0.25, 0.3) is 0 Å². The van der Waals surface area contributed by atoms with E-state index in [0.29, 0.717) is 0 Å². The minimum Gasteiger partial charge on any atom is -0.481 e. The van der Waals surface area contributed by atoms with Gasteiger partial charge in [0.1, 0.15) is 18.1 Å². The molecule has 11 N–H and O–H groups in total. The maximum Gasteiger partial charge on any atom is 0.326 e. The van der Waals surface area contributed by atoms with Crippen molar-refractivity contribution in [3.05, 3.63) is 0 Å². The minimum atomic E-state index is -1.71. The molecule has 0 rings (SSSR count). The first-order chi connectivity index (χ1) is 15.3. The number of guanidine groups is 1. The summed E-state index contributed by atoms with van der Waals surface area (Å²) < 4.78 is 0. The first-order valence-corrected chi connectivity index (χ1v) is 10.7. The van der Waals surface area contributed by atoms with Crippen LogP contribution in [0.3, 0.4) is 0 Å². The second-order valence-corrected chi connectivity index (χ2v) is 7.89. The van der Waals surface area contributed by atoms with Gasteiger partial charge in [0.2, 0.25) is 17.7 Å². The standard InChI is InChI=1S/C18H33N7O7S/c1-8(2)13(19)16(30)25-11(7-33)15(29)23-9(4-3-5-22-18(20)21)14(28)24-10(17(31)32)6-12(26)27/h8-11,13,33H,3-7,19H2,1-2H3,(H,23,29)(H,24,28)(H,25,30)(H,26,27)(H,31,32)(H4,20,21,22). The van der Waals surface area contributed by atoms with E-state index in [1.165, 1.54) is 0 Å². The number of hydrogen-bond donors (Lipinski definition) is 9. The molecule has 15 heteroatoms. The average molecular weight is 492 g/mol. The van der Waals surface area contributed by atoms with Gasteiger partial charge in [0, 0.05) is 12.3 Å². The highest BCUT2D eigenvalue weighted by Crippen LogP contribution is 2.04. The number of rotatable bonds is 15. The quantitative estimate of drug-likeness (QED) is 0.0484. The molecule has 4 atom stereocenters. The summed E-state index contributed by atoms with van der Waals surface area (Å²) in [5.74, 6) is -5.74. The molecule has 4 unspecified atom stereocenters. The summed E-state index contributed by atoms with van der Waals surface area (Å²) >= 11 is 4.05. The van der Waals surface area contributed by atoms with Crippen molar-refractivity contribution < 1.29 is 34.2 Å². The van der Waals surface area contributed by atoms with Gasteiger partial charge in [0.15, 0.2) is 5.96 Å². The molecule has 0 aromatic rings. The van der Waals surface area contributed by atoms with Gasteiger partial charge in [0.25, 0.3) is 0 Å². The Morgan fingerprint density at radius 1 is 0.909 bits per heavy atom. The van der Waals surface area contributed by atoms with Crippen molar-refractivity contribution in [1.82, 2.24) is 16.0 Å². The van der Waals surface area contributed by atoms with Crippen LogP contribution in [0.2, 0.25) is 0 Å². The van der Waals surface area contributed by atoms with Gasteiger partial charge >= 0.3 is 11.9 Å². The SMILES string of the molecule is CC(C)C(N)C(=O)NC(CS)C(=O)NC(CCCN=C(N)N)C(=O)NC(CC(=O)O)C(=O)O.